The topological polar surface area (TPSA) is 83.6 Å². The summed E-state index contributed by atoms with van der Waals surface area (Å²) >= 11 is 1.63. The van der Waals surface area contributed by atoms with Crippen molar-refractivity contribution in [3.8, 4) is 5.75 Å². The fourth-order valence-corrected chi connectivity index (χ4v) is 3.98. The van der Waals surface area contributed by atoms with Crippen molar-refractivity contribution >= 4 is 44.7 Å². The summed E-state index contributed by atoms with van der Waals surface area (Å²) in [6.07, 6.45) is 0. The second-order valence-corrected chi connectivity index (χ2v) is 7.82. The Morgan fingerprint density at radius 1 is 1.21 bits per heavy atom. The number of benzene rings is 2. The van der Waals surface area contributed by atoms with Gasteiger partial charge in [0, 0.05) is 12.6 Å². The summed E-state index contributed by atoms with van der Waals surface area (Å²) in [7, 11) is 3.42. The lowest BCUT2D eigenvalue weighted by molar-refractivity contribution is -0.117. The Morgan fingerprint density at radius 2 is 1.97 bits per heavy atom. The number of rotatable bonds is 7. The van der Waals surface area contributed by atoms with Crippen molar-refractivity contribution in [3.63, 3.8) is 0 Å². The molecule has 0 aliphatic carbocycles. The van der Waals surface area contributed by atoms with E-state index >= 15 is 0 Å². The summed E-state index contributed by atoms with van der Waals surface area (Å²) in [4.78, 5) is 30.5. The quantitative estimate of drug-likeness (QED) is 0.615. The number of methoxy groups -OCH3 is 1. The van der Waals surface area contributed by atoms with Crippen molar-refractivity contribution < 1.29 is 14.3 Å². The monoisotopic (exact) mass is 412 g/mol. The fourth-order valence-electron chi connectivity index (χ4n) is 2.90. The van der Waals surface area contributed by atoms with Gasteiger partial charge in [-0.2, -0.15) is 0 Å². The smallest absolute Gasteiger partial charge is 0.238 e. The molecule has 1 atom stereocenters. The van der Waals surface area contributed by atoms with Crippen LogP contribution in [-0.2, 0) is 9.59 Å². The minimum atomic E-state index is -0.183. The molecule has 2 N–H and O–H groups in total. The molecule has 0 radical (unpaired) electrons. The molecule has 0 bridgehead atoms. The summed E-state index contributed by atoms with van der Waals surface area (Å²) in [5.41, 5.74) is 2.06. The molecule has 0 aliphatic rings. The van der Waals surface area contributed by atoms with Gasteiger partial charge in [0.15, 0.2) is 0 Å². The third kappa shape index (κ3) is 5.10. The number of thiazole rings is 1. The van der Waals surface area contributed by atoms with E-state index in [1.54, 1.807) is 29.5 Å². The molecule has 1 heterocycles. The highest BCUT2D eigenvalue weighted by molar-refractivity contribution is 7.18. The minimum absolute atomic E-state index is 0.00856. The molecule has 29 heavy (non-hydrogen) atoms. The molecular formula is C21H24N4O3S. The molecule has 0 aliphatic heterocycles. The van der Waals surface area contributed by atoms with E-state index in [1.165, 1.54) is 14.0 Å². The van der Waals surface area contributed by atoms with Gasteiger partial charge in [-0.1, -0.05) is 12.1 Å². The molecule has 0 fully saturated rings. The zero-order chi connectivity index (χ0) is 21.0. The van der Waals surface area contributed by atoms with E-state index in [-0.39, 0.29) is 24.4 Å². The van der Waals surface area contributed by atoms with Crippen molar-refractivity contribution in [2.75, 3.05) is 31.3 Å². The number of para-hydroxylation sites is 1. The number of aromatic nitrogens is 1. The van der Waals surface area contributed by atoms with Gasteiger partial charge in [0.05, 0.1) is 35.6 Å². The van der Waals surface area contributed by atoms with Gasteiger partial charge in [-0.05, 0) is 44.3 Å². The molecule has 0 saturated heterocycles. The standard InChI is InChI=1S/C21H24N4O3S/c1-13(21-24-16-7-5-6-8-19(16)29-21)25(3)12-20(27)23-17-11-15(22-14(2)26)9-10-18(17)28-4/h5-11,13H,12H2,1-4H3,(H,22,26)(H,23,27)/t13-/m1/s1. The van der Waals surface area contributed by atoms with Crippen LogP contribution < -0.4 is 15.4 Å². The maximum absolute atomic E-state index is 12.6. The number of hydrogen-bond acceptors (Lipinski definition) is 6. The molecule has 2 amide bonds. The number of likely N-dealkylation sites (N-methyl/N-ethyl adjacent to an activating group) is 1. The van der Waals surface area contributed by atoms with Gasteiger partial charge >= 0.3 is 0 Å². The normalized spacial score (nSPS) is 12.0. The molecule has 2 aromatic carbocycles. The largest absolute Gasteiger partial charge is 0.495 e. The molecule has 152 valence electrons. The molecule has 1 aromatic heterocycles. The molecular weight excluding hydrogens is 388 g/mol. The number of fused-ring (bicyclic) bond motifs is 1. The Balaban J connectivity index is 1.68. The SMILES string of the molecule is COc1ccc(NC(C)=O)cc1NC(=O)CN(C)[C@H](C)c1nc2ccccc2s1. The Hall–Kier alpha value is -2.97. The number of carbonyl (C=O) groups is 2. The van der Waals surface area contributed by atoms with Crippen LogP contribution in [0.15, 0.2) is 42.5 Å². The van der Waals surface area contributed by atoms with Crippen LogP contribution in [0.25, 0.3) is 10.2 Å². The summed E-state index contributed by atoms with van der Waals surface area (Å²) in [5.74, 6) is 0.157. The highest BCUT2D eigenvalue weighted by atomic mass is 32.1. The average molecular weight is 413 g/mol. The van der Waals surface area contributed by atoms with Gasteiger partial charge in [-0.25, -0.2) is 4.98 Å². The molecule has 0 saturated carbocycles. The van der Waals surface area contributed by atoms with Crippen molar-refractivity contribution in [1.82, 2.24) is 9.88 Å². The van der Waals surface area contributed by atoms with Crippen LogP contribution in [0.1, 0.15) is 24.9 Å². The van der Waals surface area contributed by atoms with Crippen LogP contribution in [0.5, 0.6) is 5.75 Å². The zero-order valence-electron chi connectivity index (χ0n) is 16.9. The van der Waals surface area contributed by atoms with Gasteiger partial charge in [0.2, 0.25) is 11.8 Å². The van der Waals surface area contributed by atoms with Crippen LogP contribution in [0.3, 0.4) is 0 Å². The molecule has 0 unspecified atom stereocenters. The second kappa shape index (κ2) is 9.02. The number of carbonyl (C=O) groups excluding carboxylic acids is 2. The zero-order valence-corrected chi connectivity index (χ0v) is 17.7. The predicted molar refractivity (Wildman–Crippen MR) is 117 cm³/mol. The second-order valence-electron chi connectivity index (χ2n) is 6.76. The number of anilines is 2. The van der Waals surface area contributed by atoms with Gasteiger partial charge < -0.3 is 15.4 Å². The highest BCUT2D eigenvalue weighted by Crippen LogP contribution is 2.30. The minimum Gasteiger partial charge on any atom is -0.495 e. The van der Waals surface area contributed by atoms with E-state index in [1.807, 2.05) is 43.1 Å². The van der Waals surface area contributed by atoms with Crippen LogP contribution >= 0.6 is 11.3 Å². The third-order valence-electron chi connectivity index (χ3n) is 4.52. The van der Waals surface area contributed by atoms with Gasteiger partial charge in [0.1, 0.15) is 10.8 Å². The van der Waals surface area contributed by atoms with Gasteiger partial charge in [0.25, 0.3) is 0 Å². The maximum Gasteiger partial charge on any atom is 0.238 e. The van der Waals surface area contributed by atoms with Gasteiger partial charge in [-0.15, -0.1) is 11.3 Å². The predicted octanol–water partition coefficient (Wildman–Crippen LogP) is 3.89. The average Bonchev–Trinajstić information content (AvgIpc) is 3.11. The first-order valence-corrected chi connectivity index (χ1v) is 10.00. The lowest BCUT2D eigenvalue weighted by Gasteiger charge is -2.22. The molecule has 7 nitrogen and oxygen atoms in total. The number of hydrogen-bond donors (Lipinski definition) is 2. The summed E-state index contributed by atoms with van der Waals surface area (Å²) < 4.78 is 6.44. The summed E-state index contributed by atoms with van der Waals surface area (Å²) in [6.45, 7) is 3.65. The third-order valence-corrected chi connectivity index (χ3v) is 5.72. The number of nitrogens with one attached hydrogen (secondary N) is 2. The van der Waals surface area contributed by atoms with Crippen molar-refractivity contribution in [2.45, 2.75) is 19.9 Å². The fraction of sp³-hybridized carbons (Fsp3) is 0.286. The first-order valence-electron chi connectivity index (χ1n) is 9.18. The van der Waals surface area contributed by atoms with E-state index in [0.717, 1.165) is 15.2 Å². The molecule has 3 aromatic rings. The van der Waals surface area contributed by atoms with E-state index in [2.05, 4.69) is 15.6 Å². The van der Waals surface area contributed by atoms with Crippen molar-refractivity contribution in [3.05, 3.63) is 47.5 Å². The van der Waals surface area contributed by atoms with Gasteiger partial charge in [-0.3, -0.25) is 14.5 Å². The maximum atomic E-state index is 12.6. The first kappa shape index (κ1) is 20.8. The van der Waals surface area contributed by atoms with E-state index in [4.69, 9.17) is 4.74 Å². The number of ether oxygens (including phenoxy) is 1. The Kier molecular flexibility index (Phi) is 6.46. The van der Waals surface area contributed by atoms with Crippen LogP contribution in [-0.4, -0.2) is 42.4 Å². The lowest BCUT2D eigenvalue weighted by Crippen LogP contribution is -2.32. The van der Waals surface area contributed by atoms with E-state index in [0.29, 0.717) is 17.1 Å². The van der Waals surface area contributed by atoms with E-state index in [9.17, 15) is 9.59 Å². The molecule has 3 rings (SSSR count). The lowest BCUT2D eigenvalue weighted by atomic mass is 10.2. The van der Waals surface area contributed by atoms with Crippen molar-refractivity contribution in [2.24, 2.45) is 0 Å². The number of nitrogens with zero attached hydrogens (tertiary/aromatic N) is 2. The molecule has 8 heteroatoms. The van der Waals surface area contributed by atoms with Crippen LogP contribution in [0, 0.1) is 0 Å². The Bertz CT molecular complexity index is 1000. The van der Waals surface area contributed by atoms with E-state index < -0.39 is 0 Å². The number of amides is 2. The summed E-state index contributed by atoms with van der Waals surface area (Å²) in [6, 6.07) is 13.1. The van der Waals surface area contributed by atoms with Crippen LogP contribution in [0.2, 0.25) is 0 Å². The van der Waals surface area contributed by atoms with Crippen molar-refractivity contribution in [1.29, 1.82) is 0 Å². The highest BCUT2D eigenvalue weighted by Gasteiger charge is 2.19. The Labute approximate surface area is 173 Å². The Morgan fingerprint density at radius 3 is 2.66 bits per heavy atom. The molecule has 0 spiro atoms. The van der Waals surface area contributed by atoms with Crippen LogP contribution in [0.4, 0.5) is 11.4 Å². The first-order chi connectivity index (χ1) is 13.9. The summed E-state index contributed by atoms with van der Waals surface area (Å²) in [5, 5.41) is 6.53.